The molecule has 1 aromatic heterocycles. The van der Waals surface area contributed by atoms with Crippen LogP contribution in [0, 0.1) is 6.92 Å². The number of benzene rings is 1. The summed E-state index contributed by atoms with van der Waals surface area (Å²) >= 11 is 0. The SMILES string of the molecule is COc1ccc(OC)c(NC(=O)c2cc(NCC3CCCO3)nc(C)n2)c1. The maximum absolute atomic E-state index is 12.7. The number of aryl methyl sites for hydroxylation is 1. The predicted molar refractivity (Wildman–Crippen MR) is 102 cm³/mol. The molecule has 0 bridgehead atoms. The average Bonchev–Trinajstić information content (AvgIpc) is 3.19. The lowest BCUT2D eigenvalue weighted by molar-refractivity contribution is 0.102. The first-order chi connectivity index (χ1) is 13.1. The van der Waals surface area contributed by atoms with Gasteiger partial charge in [-0.1, -0.05) is 0 Å². The van der Waals surface area contributed by atoms with E-state index in [0.717, 1.165) is 19.4 Å². The van der Waals surface area contributed by atoms with E-state index in [1.807, 2.05) is 0 Å². The van der Waals surface area contributed by atoms with E-state index in [1.165, 1.54) is 0 Å². The number of methoxy groups -OCH3 is 2. The largest absolute Gasteiger partial charge is 0.497 e. The van der Waals surface area contributed by atoms with Gasteiger partial charge in [-0.2, -0.15) is 0 Å². The van der Waals surface area contributed by atoms with Crippen molar-refractivity contribution >= 4 is 17.4 Å². The van der Waals surface area contributed by atoms with Gasteiger partial charge in [0.2, 0.25) is 0 Å². The van der Waals surface area contributed by atoms with Gasteiger partial charge in [-0.25, -0.2) is 9.97 Å². The van der Waals surface area contributed by atoms with Crippen molar-refractivity contribution in [2.75, 3.05) is 38.0 Å². The normalized spacial score (nSPS) is 16.0. The zero-order valence-electron chi connectivity index (χ0n) is 15.7. The fourth-order valence-electron chi connectivity index (χ4n) is 2.90. The van der Waals surface area contributed by atoms with Gasteiger partial charge in [-0.05, 0) is 31.9 Å². The Morgan fingerprint density at radius 1 is 1.26 bits per heavy atom. The molecule has 1 aromatic carbocycles. The second-order valence-corrected chi connectivity index (χ2v) is 6.22. The summed E-state index contributed by atoms with van der Waals surface area (Å²) in [6, 6.07) is 6.82. The van der Waals surface area contributed by atoms with Crippen molar-refractivity contribution in [1.29, 1.82) is 0 Å². The summed E-state index contributed by atoms with van der Waals surface area (Å²) in [5.74, 6) is 1.90. The first-order valence-electron chi connectivity index (χ1n) is 8.83. The summed E-state index contributed by atoms with van der Waals surface area (Å²) < 4.78 is 16.1. The number of nitrogens with zero attached hydrogens (tertiary/aromatic N) is 2. The monoisotopic (exact) mass is 372 g/mol. The van der Waals surface area contributed by atoms with Crippen LogP contribution in [0.15, 0.2) is 24.3 Å². The van der Waals surface area contributed by atoms with Crippen LogP contribution in [-0.2, 0) is 4.74 Å². The summed E-state index contributed by atoms with van der Waals surface area (Å²) in [4.78, 5) is 21.3. The number of ether oxygens (including phenoxy) is 3. The van der Waals surface area contributed by atoms with Crippen LogP contribution < -0.4 is 20.1 Å². The van der Waals surface area contributed by atoms with Crippen LogP contribution in [0.5, 0.6) is 11.5 Å². The molecule has 27 heavy (non-hydrogen) atoms. The summed E-state index contributed by atoms with van der Waals surface area (Å²) in [7, 11) is 3.10. The Labute approximate surface area is 158 Å². The molecular formula is C19H24N4O4. The van der Waals surface area contributed by atoms with Crippen LogP contribution in [0.4, 0.5) is 11.5 Å². The Balaban J connectivity index is 1.74. The molecule has 0 aliphatic carbocycles. The quantitative estimate of drug-likeness (QED) is 0.771. The third kappa shape index (κ3) is 4.85. The van der Waals surface area contributed by atoms with E-state index in [4.69, 9.17) is 14.2 Å². The fourth-order valence-corrected chi connectivity index (χ4v) is 2.90. The molecule has 1 fully saturated rings. The molecule has 1 saturated heterocycles. The summed E-state index contributed by atoms with van der Waals surface area (Å²) in [6.45, 7) is 3.20. The number of amides is 1. The lowest BCUT2D eigenvalue weighted by Gasteiger charge is -2.13. The highest BCUT2D eigenvalue weighted by Crippen LogP contribution is 2.29. The minimum Gasteiger partial charge on any atom is -0.497 e. The first kappa shape index (κ1) is 18.9. The van der Waals surface area contributed by atoms with E-state index < -0.39 is 0 Å². The van der Waals surface area contributed by atoms with Gasteiger partial charge < -0.3 is 24.8 Å². The van der Waals surface area contributed by atoms with Crippen LogP contribution in [-0.4, -0.2) is 49.4 Å². The highest BCUT2D eigenvalue weighted by Gasteiger charge is 2.17. The topological polar surface area (TPSA) is 94.6 Å². The first-order valence-corrected chi connectivity index (χ1v) is 8.83. The third-order valence-electron chi connectivity index (χ3n) is 4.26. The minimum atomic E-state index is -0.354. The lowest BCUT2D eigenvalue weighted by Crippen LogP contribution is -2.20. The number of hydrogen-bond donors (Lipinski definition) is 2. The zero-order chi connectivity index (χ0) is 19.2. The van der Waals surface area contributed by atoms with Gasteiger partial charge in [0.25, 0.3) is 5.91 Å². The van der Waals surface area contributed by atoms with Crippen LogP contribution in [0.3, 0.4) is 0 Å². The molecule has 1 amide bonds. The molecule has 1 atom stereocenters. The maximum Gasteiger partial charge on any atom is 0.274 e. The van der Waals surface area contributed by atoms with E-state index >= 15 is 0 Å². The number of hydrogen-bond acceptors (Lipinski definition) is 7. The van der Waals surface area contributed by atoms with Crippen molar-refractivity contribution in [3.05, 3.63) is 35.8 Å². The number of anilines is 2. The molecule has 0 radical (unpaired) electrons. The molecule has 144 valence electrons. The van der Waals surface area contributed by atoms with Gasteiger partial charge in [0.05, 0.1) is 26.0 Å². The Morgan fingerprint density at radius 3 is 2.81 bits per heavy atom. The van der Waals surface area contributed by atoms with E-state index in [0.29, 0.717) is 35.4 Å². The number of aromatic nitrogens is 2. The van der Waals surface area contributed by atoms with Gasteiger partial charge in [0.1, 0.15) is 28.8 Å². The van der Waals surface area contributed by atoms with E-state index in [9.17, 15) is 4.79 Å². The van der Waals surface area contributed by atoms with Crippen molar-refractivity contribution < 1.29 is 19.0 Å². The Hall–Kier alpha value is -2.87. The highest BCUT2D eigenvalue weighted by atomic mass is 16.5. The van der Waals surface area contributed by atoms with Crippen molar-refractivity contribution in [2.45, 2.75) is 25.9 Å². The van der Waals surface area contributed by atoms with Gasteiger partial charge in [-0.3, -0.25) is 4.79 Å². The second-order valence-electron chi connectivity index (χ2n) is 6.22. The predicted octanol–water partition coefficient (Wildman–Crippen LogP) is 2.65. The Kier molecular flexibility index (Phi) is 6.08. The minimum absolute atomic E-state index is 0.179. The zero-order valence-corrected chi connectivity index (χ0v) is 15.7. The number of nitrogens with one attached hydrogen (secondary N) is 2. The molecule has 1 unspecified atom stereocenters. The molecule has 1 aliphatic rings. The van der Waals surface area contributed by atoms with E-state index in [1.54, 1.807) is 45.4 Å². The summed E-state index contributed by atoms with van der Waals surface area (Å²) in [6.07, 6.45) is 2.28. The molecule has 8 heteroatoms. The molecule has 8 nitrogen and oxygen atoms in total. The Bertz CT molecular complexity index is 806. The fraction of sp³-hybridized carbons (Fsp3) is 0.421. The van der Waals surface area contributed by atoms with Gasteiger partial charge in [-0.15, -0.1) is 0 Å². The molecule has 3 rings (SSSR count). The molecule has 2 N–H and O–H groups in total. The molecule has 0 spiro atoms. The van der Waals surface area contributed by atoms with Crippen LogP contribution in [0.25, 0.3) is 0 Å². The smallest absolute Gasteiger partial charge is 0.274 e. The highest BCUT2D eigenvalue weighted by molar-refractivity contribution is 6.04. The second kappa shape index (κ2) is 8.68. The number of carbonyl (C=O) groups excluding carboxylic acids is 1. The van der Waals surface area contributed by atoms with Crippen molar-refractivity contribution in [1.82, 2.24) is 9.97 Å². The van der Waals surface area contributed by atoms with E-state index in [-0.39, 0.29) is 17.7 Å². The molecule has 0 saturated carbocycles. The van der Waals surface area contributed by atoms with Crippen molar-refractivity contribution in [2.24, 2.45) is 0 Å². The maximum atomic E-state index is 12.7. The van der Waals surface area contributed by atoms with Gasteiger partial charge in [0.15, 0.2) is 0 Å². The van der Waals surface area contributed by atoms with Crippen molar-refractivity contribution in [3.8, 4) is 11.5 Å². The molecular weight excluding hydrogens is 348 g/mol. The number of rotatable bonds is 7. The van der Waals surface area contributed by atoms with Crippen molar-refractivity contribution in [3.63, 3.8) is 0 Å². The Morgan fingerprint density at radius 2 is 2.11 bits per heavy atom. The molecule has 2 heterocycles. The lowest BCUT2D eigenvalue weighted by atomic mass is 10.2. The van der Waals surface area contributed by atoms with Crippen LogP contribution >= 0.6 is 0 Å². The van der Waals surface area contributed by atoms with Gasteiger partial charge >= 0.3 is 0 Å². The summed E-state index contributed by atoms with van der Waals surface area (Å²) in [5.41, 5.74) is 0.772. The average molecular weight is 372 g/mol. The van der Waals surface area contributed by atoms with Gasteiger partial charge in [0, 0.05) is 25.3 Å². The molecule has 2 aromatic rings. The standard InChI is InChI=1S/C19H24N4O4/c1-12-21-16(10-18(22-12)20-11-14-5-4-8-27-14)19(24)23-15-9-13(25-2)6-7-17(15)26-3/h6-7,9-10,14H,4-5,8,11H2,1-3H3,(H,23,24)(H,20,21,22). The van der Waals surface area contributed by atoms with Crippen LogP contribution in [0.1, 0.15) is 29.2 Å². The van der Waals surface area contributed by atoms with Crippen LogP contribution in [0.2, 0.25) is 0 Å². The van der Waals surface area contributed by atoms with E-state index in [2.05, 4.69) is 20.6 Å². The molecule has 1 aliphatic heterocycles. The third-order valence-corrected chi connectivity index (χ3v) is 4.26. The summed E-state index contributed by atoms with van der Waals surface area (Å²) in [5, 5.41) is 6.04. The number of carbonyl (C=O) groups is 1.